The molecule has 2 aromatic carbocycles. The molecule has 0 aromatic heterocycles. The Bertz CT molecular complexity index is 619. The van der Waals surface area contributed by atoms with E-state index in [2.05, 4.69) is 15.9 Å². The fraction of sp³-hybridized carbons (Fsp3) is 0.200. The van der Waals surface area contributed by atoms with Crippen molar-refractivity contribution in [2.45, 2.75) is 12.5 Å². The van der Waals surface area contributed by atoms with E-state index in [1.807, 2.05) is 0 Å². The average Bonchev–Trinajstić information content (AvgIpc) is 2.43. The zero-order valence-corrected chi connectivity index (χ0v) is 12.5. The van der Waals surface area contributed by atoms with Crippen LogP contribution in [0.2, 0.25) is 0 Å². The monoisotopic (exact) mass is 341 g/mol. The standard InChI is InChI=1S/C15H14BrF2NO/c1-20-15-8-9(2-4-13(15)18)14(19)7-10-6-11(16)3-5-12(10)17/h2-6,8,14H,7,19H2,1H3. The normalized spacial score (nSPS) is 12.2. The van der Waals surface area contributed by atoms with Crippen molar-refractivity contribution in [2.24, 2.45) is 5.73 Å². The first kappa shape index (κ1) is 14.9. The first-order valence-electron chi connectivity index (χ1n) is 6.04. The van der Waals surface area contributed by atoms with E-state index >= 15 is 0 Å². The third kappa shape index (κ3) is 3.35. The van der Waals surface area contributed by atoms with Crippen LogP contribution in [0.25, 0.3) is 0 Å². The van der Waals surface area contributed by atoms with Gasteiger partial charge in [-0.15, -0.1) is 0 Å². The highest BCUT2D eigenvalue weighted by Crippen LogP contribution is 2.25. The number of hydrogen-bond donors (Lipinski definition) is 1. The zero-order valence-electron chi connectivity index (χ0n) is 10.9. The lowest BCUT2D eigenvalue weighted by atomic mass is 9.99. The van der Waals surface area contributed by atoms with E-state index in [1.54, 1.807) is 18.2 Å². The molecular weight excluding hydrogens is 328 g/mol. The largest absolute Gasteiger partial charge is 0.494 e. The minimum absolute atomic E-state index is 0.132. The van der Waals surface area contributed by atoms with E-state index in [9.17, 15) is 8.78 Å². The maximum Gasteiger partial charge on any atom is 0.165 e. The molecule has 0 saturated carbocycles. The highest BCUT2D eigenvalue weighted by atomic mass is 79.9. The zero-order chi connectivity index (χ0) is 14.7. The Kier molecular flexibility index (Phi) is 4.73. The summed E-state index contributed by atoms with van der Waals surface area (Å²) < 4.78 is 32.7. The second kappa shape index (κ2) is 6.33. The second-order valence-electron chi connectivity index (χ2n) is 4.44. The minimum atomic E-state index is -0.447. The Morgan fingerprint density at radius 3 is 2.55 bits per heavy atom. The van der Waals surface area contributed by atoms with Crippen LogP contribution >= 0.6 is 15.9 Å². The van der Waals surface area contributed by atoms with Gasteiger partial charge < -0.3 is 10.5 Å². The molecular formula is C15H14BrF2NO. The number of halogens is 3. The van der Waals surface area contributed by atoms with Gasteiger partial charge in [0.2, 0.25) is 0 Å². The van der Waals surface area contributed by atoms with Crippen LogP contribution in [0.4, 0.5) is 8.78 Å². The molecule has 5 heteroatoms. The summed E-state index contributed by atoms with van der Waals surface area (Å²) >= 11 is 3.30. The number of methoxy groups -OCH3 is 1. The van der Waals surface area contributed by atoms with Gasteiger partial charge in [0.25, 0.3) is 0 Å². The third-order valence-corrected chi connectivity index (χ3v) is 3.54. The highest BCUT2D eigenvalue weighted by Gasteiger charge is 2.13. The summed E-state index contributed by atoms with van der Waals surface area (Å²) in [5.41, 5.74) is 7.27. The van der Waals surface area contributed by atoms with Crippen molar-refractivity contribution in [3.63, 3.8) is 0 Å². The lowest BCUT2D eigenvalue weighted by Crippen LogP contribution is -2.14. The molecule has 2 nitrogen and oxygen atoms in total. The summed E-state index contributed by atoms with van der Waals surface area (Å²) in [4.78, 5) is 0. The van der Waals surface area contributed by atoms with Gasteiger partial charge in [-0.1, -0.05) is 22.0 Å². The summed E-state index contributed by atoms with van der Waals surface area (Å²) in [6.45, 7) is 0. The van der Waals surface area contributed by atoms with Crippen LogP contribution in [-0.2, 0) is 6.42 Å². The Morgan fingerprint density at radius 1 is 1.15 bits per heavy atom. The average molecular weight is 342 g/mol. The summed E-state index contributed by atoms with van der Waals surface area (Å²) in [5, 5.41) is 0. The van der Waals surface area contributed by atoms with Crippen molar-refractivity contribution in [2.75, 3.05) is 7.11 Å². The van der Waals surface area contributed by atoms with Crippen LogP contribution in [0.5, 0.6) is 5.75 Å². The second-order valence-corrected chi connectivity index (χ2v) is 5.36. The molecule has 1 atom stereocenters. The van der Waals surface area contributed by atoms with Crippen LogP contribution in [0.15, 0.2) is 40.9 Å². The van der Waals surface area contributed by atoms with Crippen molar-refractivity contribution in [3.8, 4) is 5.75 Å². The van der Waals surface area contributed by atoms with Crippen molar-refractivity contribution < 1.29 is 13.5 Å². The van der Waals surface area contributed by atoms with Crippen molar-refractivity contribution in [3.05, 3.63) is 63.6 Å². The number of benzene rings is 2. The fourth-order valence-electron chi connectivity index (χ4n) is 1.96. The van der Waals surface area contributed by atoms with Gasteiger partial charge >= 0.3 is 0 Å². The van der Waals surface area contributed by atoms with Gasteiger partial charge in [0, 0.05) is 10.5 Å². The molecule has 0 radical (unpaired) electrons. The molecule has 0 aliphatic rings. The predicted molar refractivity (Wildman–Crippen MR) is 77.7 cm³/mol. The molecule has 0 spiro atoms. The Balaban J connectivity index is 2.23. The van der Waals surface area contributed by atoms with E-state index in [4.69, 9.17) is 10.5 Å². The molecule has 0 saturated heterocycles. The molecule has 0 fully saturated rings. The van der Waals surface area contributed by atoms with Gasteiger partial charge in [-0.25, -0.2) is 8.78 Å². The molecule has 0 aliphatic heterocycles. The van der Waals surface area contributed by atoms with E-state index in [0.717, 1.165) is 4.47 Å². The summed E-state index contributed by atoms with van der Waals surface area (Å²) in [5.74, 6) is -0.623. The Morgan fingerprint density at radius 2 is 1.85 bits per heavy atom. The SMILES string of the molecule is COc1cc(C(N)Cc2cc(Br)ccc2F)ccc1F. The van der Waals surface area contributed by atoms with Crippen LogP contribution in [0, 0.1) is 11.6 Å². The summed E-state index contributed by atoms with van der Waals surface area (Å²) in [6.07, 6.45) is 0.320. The van der Waals surface area contributed by atoms with E-state index in [0.29, 0.717) is 17.5 Å². The Hall–Kier alpha value is -1.46. The van der Waals surface area contributed by atoms with Gasteiger partial charge in [-0.3, -0.25) is 0 Å². The molecule has 2 N–H and O–H groups in total. The molecule has 1 unspecified atom stereocenters. The van der Waals surface area contributed by atoms with Crippen LogP contribution in [0.1, 0.15) is 17.2 Å². The molecule has 0 amide bonds. The topological polar surface area (TPSA) is 35.2 Å². The van der Waals surface area contributed by atoms with Crippen LogP contribution in [0.3, 0.4) is 0 Å². The fourth-order valence-corrected chi connectivity index (χ4v) is 2.37. The molecule has 0 heterocycles. The number of hydrogen-bond acceptors (Lipinski definition) is 2. The molecule has 2 aromatic rings. The van der Waals surface area contributed by atoms with E-state index < -0.39 is 11.9 Å². The van der Waals surface area contributed by atoms with Gasteiger partial charge in [0.05, 0.1) is 7.11 Å². The lowest BCUT2D eigenvalue weighted by molar-refractivity contribution is 0.385. The van der Waals surface area contributed by atoms with Gasteiger partial charge in [-0.2, -0.15) is 0 Å². The van der Waals surface area contributed by atoms with Crippen molar-refractivity contribution in [1.82, 2.24) is 0 Å². The summed E-state index contributed by atoms with van der Waals surface area (Å²) in [6, 6.07) is 8.69. The van der Waals surface area contributed by atoms with Gasteiger partial charge in [-0.05, 0) is 47.9 Å². The maximum absolute atomic E-state index is 13.7. The van der Waals surface area contributed by atoms with Gasteiger partial charge in [0.15, 0.2) is 11.6 Å². The minimum Gasteiger partial charge on any atom is -0.494 e. The van der Waals surface area contributed by atoms with Crippen molar-refractivity contribution >= 4 is 15.9 Å². The van der Waals surface area contributed by atoms with Gasteiger partial charge in [0.1, 0.15) is 5.82 Å². The summed E-state index contributed by atoms with van der Waals surface area (Å²) in [7, 11) is 1.39. The molecule has 106 valence electrons. The third-order valence-electron chi connectivity index (χ3n) is 3.05. The molecule has 2 rings (SSSR count). The van der Waals surface area contributed by atoms with Crippen LogP contribution in [-0.4, -0.2) is 7.11 Å². The molecule has 0 bridgehead atoms. The number of rotatable bonds is 4. The lowest BCUT2D eigenvalue weighted by Gasteiger charge is -2.14. The smallest absolute Gasteiger partial charge is 0.165 e. The first-order valence-corrected chi connectivity index (χ1v) is 6.83. The predicted octanol–water partition coefficient (Wildman–Crippen LogP) is 3.98. The van der Waals surface area contributed by atoms with E-state index in [1.165, 1.54) is 25.3 Å². The van der Waals surface area contributed by atoms with E-state index in [-0.39, 0.29) is 11.6 Å². The molecule has 0 aliphatic carbocycles. The first-order chi connectivity index (χ1) is 9.51. The van der Waals surface area contributed by atoms with Crippen LogP contribution < -0.4 is 10.5 Å². The highest BCUT2D eigenvalue weighted by molar-refractivity contribution is 9.10. The quantitative estimate of drug-likeness (QED) is 0.912. The van der Waals surface area contributed by atoms with Crippen molar-refractivity contribution in [1.29, 1.82) is 0 Å². The molecule has 20 heavy (non-hydrogen) atoms. The number of nitrogens with two attached hydrogens (primary N) is 1. The number of ether oxygens (including phenoxy) is 1. The Labute approximate surface area is 124 Å². The maximum atomic E-state index is 13.7.